The van der Waals surface area contributed by atoms with Gasteiger partial charge in [-0.3, -0.25) is 0 Å². The lowest BCUT2D eigenvalue weighted by molar-refractivity contribution is -0.149. The highest BCUT2D eigenvalue weighted by atomic mass is 16.7. The standard InChI is InChI=1S/C15H22O4/c1-4-17-14(16-3)11-12-5-7-13(8-6-12)15(2)18-9-10-19-15/h5-8,14H,4,9-11H2,1-3H3. The normalized spacial score (nSPS) is 19.5. The molecule has 0 aromatic heterocycles. The van der Waals surface area contributed by atoms with Gasteiger partial charge in [0.05, 0.1) is 13.2 Å². The van der Waals surface area contributed by atoms with Gasteiger partial charge in [0.2, 0.25) is 0 Å². The smallest absolute Gasteiger partial charge is 0.192 e. The Morgan fingerprint density at radius 2 is 1.84 bits per heavy atom. The molecule has 1 aromatic carbocycles. The zero-order chi connectivity index (χ0) is 13.7. The minimum absolute atomic E-state index is 0.189. The van der Waals surface area contributed by atoms with Crippen molar-refractivity contribution in [2.75, 3.05) is 26.9 Å². The molecule has 1 heterocycles. The quantitative estimate of drug-likeness (QED) is 0.741. The van der Waals surface area contributed by atoms with E-state index < -0.39 is 5.79 Å². The summed E-state index contributed by atoms with van der Waals surface area (Å²) in [5.41, 5.74) is 2.21. The molecule has 1 aliphatic rings. The van der Waals surface area contributed by atoms with Crippen molar-refractivity contribution in [3.8, 4) is 0 Å². The first-order chi connectivity index (χ1) is 9.18. The predicted octanol–water partition coefficient (Wildman–Crippen LogP) is 2.46. The predicted molar refractivity (Wildman–Crippen MR) is 71.8 cm³/mol. The summed E-state index contributed by atoms with van der Waals surface area (Å²) >= 11 is 0. The second kappa shape index (κ2) is 6.48. The van der Waals surface area contributed by atoms with Crippen molar-refractivity contribution in [2.24, 2.45) is 0 Å². The molecular weight excluding hydrogens is 244 g/mol. The molecule has 1 saturated heterocycles. The summed E-state index contributed by atoms with van der Waals surface area (Å²) < 4.78 is 22.0. The molecule has 0 amide bonds. The fourth-order valence-corrected chi connectivity index (χ4v) is 2.21. The van der Waals surface area contributed by atoms with E-state index in [1.165, 1.54) is 5.56 Å². The summed E-state index contributed by atoms with van der Waals surface area (Å²) in [6.45, 7) is 5.86. The Bertz CT molecular complexity index is 382. The highest BCUT2D eigenvalue weighted by Gasteiger charge is 2.32. The number of rotatable bonds is 6. The monoisotopic (exact) mass is 266 g/mol. The Morgan fingerprint density at radius 3 is 2.37 bits per heavy atom. The molecule has 1 aromatic rings. The number of benzene rings is 1. The summed E-state index contributed by atoms with van der Waals surface area (Å²) in [5, 5.41) is 0. The lowest BCUT2D eigenvalue weighted by Gasteiger charge is -2.23. The third-order valence-electron chi connectivity index (χ3n) is 3.33. The van der Waals surface area contributed by atoms with Crippen LogP contribution in [-0.4, -0.2) is 33.2 Å². The second-order valence-electron chi connectivity index (χ2n) is 4.66. The molecule has 4 heteroatoms. The lowest BCUT2D eigenvalue weighted by atomic mass is 10.0. The van der Waals surface area contributed by atoms with Crippen LogP contribution in [0.2, 0.25) is 0 Å². The van der Waals surface area contributed by atoms with Crippen molar-refractivity contribution >= 4 is 0 Å². The zero-order valence-electron chi connectivity index (χ0n) is 11.8. The van der Waals surface area contributed by atoms with Gasteiger partial charge in [-0.1, -0.05) is 24.3 Å². The van der Waals surface area contributed by atoms with Crippen LogP contribution in [0.1, 0.15) is 25.0 Å². The SMILES string of the molecule is CCOC(Cc1ccc(C2(C)OCCO2)cc1)OC. The molecule has 0 radical (unpaired) electrons. The van der Waals surface area contributed by atoms with Crippen LogP contribution < -0.4 is 0 Å². The molecule has 0 N–H and O–H groups in total. The summed E-state index contributed by atoms with van der Waals surface area (Å²) in [7, 11) is 1.66. The molecule has 0 spiro atoms. The average Bonchev–Trinajstić information content (AvgIpc) is 2.87. The Hall–Kier alpha value is -0.940. The fourth-order valence-electron chi connectivity index (χ4n) is 2.21. The van der Waals surface area contributed by atoms with Crippen molar-refractivity contribution < 1.29 is 18.9 Å². The van der Waals surface area contributed by atoms with E-state index in [1.54, 1.807) is 7.11 Å². The topological polar surface area (TPSA) is 36.9 Å². The fraction of sp³-hybridized carbons (Fsp3) is 0.600. The first-order valence-electron chi connectivity index (χ1n) is 6.69. The molecule has 0 aliphatic carbocycles. The van der Waals surface area contributed by atoms with Crippen LogP contribution in [0, 0.1) is 0 Å². The number of hydrogen-bond donors (Lipinski definition) is 0. The van der Waals surface area contributed by atoms with Crippen molar-refractivity contribution in [3.05, 3.63) is 35.4 Å². The molecular formula is C15H22O4. The van der Waals surface area contributed by atoms with Crippen molar-refractivity contribution in [1.29, 1.82) is 0 Å². The van der Waals surface area contributed by atoms with Gasteiger partial charge < -0.3 is 18.9 Å². The van der Waals surface area contributed by atoms with Gasteiger partial charge in [0, 0.05) is 25.7 Å². The molecule has 0 bridgehead atoms. The summed E-state index contributed by atoms with van der Waals surface area (Å²) in [5.74, 6) is -0.598. The minimum atomic E-state index is -0.598. The molecule has 1 unspecified atom stereocenters. The minimum Gasteiger partial charge on any atom is -0.356 e. The van der Waals surface area contributed by atoms with Crippen LogP contribution in [0.25, 0.3) is 0 Å². The van der Waals surface area contributed by atoms with Gasteiger partial charge in [0.15, 0.2) is 12.1 Å². The van der Waals surface area contributed by atoms with E-state index in [2.05, 4.69) is 12.1 Å². The first kappa shape index (κ1) is 14.5. The molecule has 1 aliphatic heterocycles. The van der Waals surface area contributed by atoms with Crippen molar-refractivity contribution in [3.63, 3.8) is 0 Å². The van der Waals surface area contributed by atoms with Gasteiger partial charge in [-0.2, -0.15) is 0 Å². The van der Waals surface area contributed by atoms with E-state index in [9.17, 15) is 0 Å². The maximum Gasteiger partial charge on any atom is 0.192 e. The van der Waals surface area contributed by atoms with Crippen LogP contribution in [0.4, 0.5) is 0 Å². The number of hydrogen-bond acceptors (Lipinski definition) is 4. The van der Waals surface area contributed by atoms with E-state index in [1.807, 2.05) is 26.0 Å². The second-order valence-corrected chi connectivity index (χ2v) is 4.66. The summed E-state index contributed by atoms with van der Waals surface area (Å²) in [6, 6.07) is 8.21. The summed E-state index contributed by atoms with van der Waals surface area (Å²) in [4.78, 5) is 0. The highest BCUT2D eigenvalue weighted by Crippen LogP contribution is 2.30. The van der Waals surface area contributed by atoms with E-state index >= 15 is 0 Å². The Kier molecular flexibility index (Phi) is 4.93. The molecule has 1 atom stereocenters. The molecule has 4 nitrogen and oxygen atoms in total. The van der Waals surface area contributed by atoms with Gasteiger partial charge in [-0.15, -0.1) is 0 Å². The molecule has 106 valence electrons. The van der Waals surface area contributed by atoms with E-state index in [-0.39, 0.29) is 6.29 Å². The molecule has 19 heavy (non-hydrogen) atoms. The Morgan fingerprint density at radius 1 is 1.21 bits per heavy atom. The largest absolute Gasteiger partial charge is 0.356 e. The molecule has 2 rings (SSSR count). The zero-order valence-corrected chi connectivity index (χ0v) is 11.8. The third kappa shape index (κ3) is 3.54. The first-order valence-corrected chi connectivity index (χ1v) is 6.69. The number of ether oxygens (including phenoxy) is 4. The highest BCUT2D eigenvalue weighted by molar-refractivity contribution is 5.26. The van der Waals surface area contributed by atoms with Gasteiger partial charge in [0.1, 0.15) is 0 Å². The van der Waals surface area contributed by atoms with Crippen LogP contribution in [0.15, 0.2) is 24.3 Å². The molecule has 1 fully saturated rings. The molecule has 0 saturated carbocycles. The van der Waals surface area contributed by atoms with Crippen molar-refractivity contribution in [1.82, 2.24) is 0 Å². The van der Waals surface area contributed by atoms with E-state index in [4.69, 9.17) is 18.9 Å². The van der Waals surface area contributed by atoms with Gasteiger partial charge in [0.25, 0.3) is 0 Å². The summed E-state index contributed by atoms with van der Waals surface area (Å²) in [6.07, 6.45) is 0.550. The maximum absolute atomic E-state index is 5.64. The van der Waals surface area contributed by atoms with Gasteiger partial charge in [-0.05, 0) is 19.4 Å². The third-order valence-corrected chi connectivity index (χ3v) is 3.33. The average molecular weight is 266 g/mol. The van der Waals surface area contributed by atoms with E-state index in [0.717, 1.165) is 12.0 Å². The van der Waals surface area contributed by atoms with Gasteiger partial charge in [-0.25, -0.2) is 0 Å². The Labute approximate surface area is 114 Å². The van der Waals surface area contributed by atoms with Crippen LogP contribution in [0.5, 0.6) is 0 Å². The maximum atomic E-state index is 5.64. The van der Waals surface area contributed by atoms with Crippen LogP contribution >= 0.6 is 0 Å². The van der Waals surface area contributed by atoms with Crippen LogP contribution in [-0.2, 0) is 31.2 Å². The lowest BCUT2D eigenvalue weighted by Crippen LogP contribution is -2.22. The Balaban J connectivity index is 2.01. The van der Waals surface area contributed by atoms with Crippen LogP contribution in [0.3, 0.4) is 0 Å². The van der Waals surface area contributed by atoms with Gasteiger partial charge >= 0.3 is 0 Å². The van der Waals surface area contributed by atoms with E-state index in [0.29, 0.717) is 19.8 Å². The van der Waals surface area contributed by atoms with Crippen molar-refractivity contribution in [2.45, 2.75) is 32.3 Å². The number of methoxy groups -OCH3 is 1.